The van der Waals surface area contributed by atoms with Crippen LogP contribution in [0.15, 0.2) is 24.5 Å². The van der Waals surface area contributed by atoms with E-state index >= 15 is 0 Å². The fourth-order valence-corrected chi connectivity index (χ4v) is 3.24. The standard InChI is InChI=1S/C16H16ClF5N4O/c17-13-7-12(10(8-23-13)11-3-6-26(25-11)14(18)19)24-9-1-4-15(27,5-2-9)16(20,21)22/h3,6-9,14,27H,1-2,4-5H2,(H,23,24). The van der Waals surface area contributed by atoms with Crippen molar-refractivity contribution >= 4 is 17.3 Å². The summed E-state index contributed by atoms with van der Waals surface area (Å²) in [4.78, 5) is 3.92. The maximum absolute atomic E-state index is 12.9. The van der Waals surface area contributed by atoms with Gasteiger partial charge in [-0.25, -0.2) is 9.67 Å². The fourth-order valence-electron chi connectivity index (χ4n) is 3.09. The van der Waals surface area contributed by atoms with Gasteiger partial charge in [-0.2, -0.15) is 27.1 Å². The molecule has 0 bridgehead atoms. The zero-order valence-corrected chi connectivity index (χ0v) is 14.6. The second-order valence-electron chi connectivity index (χ2n) is 6.46. The number of aromatic nitrogens is 3. The summed E-state index contributed by atoms with van der Waals surface area (Å²) in [5.41, 5.74) is -1.63. The summed E-state index contributed by atoms with van der Waals surface area (Å²) in [5, 5.41) is 16.7. The van der Waals surface area contributed by atoms with E-state index in [2.05, 4.69) is 15.4 Å². The minimum atomic E-state index is -4.68. The minimum Gasteiger partial charge on any atom is -0.382 e. The quantitative estimate of drug-likeness (QED) is 0.569. The maximum Gasteiger partial charge on any atom is 0.417 e. The lowest BCUT2D eigenvalue weighted by Gasteiger charge is -2.37. The van der Waals surface area contributed by atoms with Gasteiger partial charge in [-0.15, -0.1) is 0 Å². The highest BCUT2D eigenvalue weighted by molar-refractivity contribution is 6.29. The molecule has 27 heavy (non-hydrogen) atoms. The minimum absolute atomic E-state index is 0.0842. The van der Waals surface area contributed by atoms with E-state index in [1.54, 1.807) is 0 Å². The van der Waals surface area contributed by atoms with E-state index < -0.39 is 31.2 Å². The number of pyridine rings is 1. The molecule has 1 aliphatic carbocycles. The van der Waals surface area contributed by atoms with Crippen molar-refractivity contribution < 1.29 is 27.1 Å². The van der Waals surface area contributed by atoms with Gasteiger partial charge in [0.2, 0.25) is 0 Å². The first kappa shape index (κ1) is 19.8. The van der Waals surface area contributed by atoms with Crippen LogP contribution in [0, 0.1) is 0 Å². The molecule has 0 radical (unpaired) electrons. The Hall–Kier alpha value is -1.94. The first-order valence-electron chi connectivity index (χ1n) is 8.14. The van der Waals surface area contributed by atoms with Crippen molar-refractivity contribution in [3.05, 3.63) is 29.7 Å². The molecule has 0 spiro atoms. The molecule has 0 saturated heterocycles. The summed E-state index contributed by atoms with van der Waals surface area (Å²) >= 11 is 5.90. The number of alkyl halides is 5. The molecule has 0 unspecified atom stereocenters. The normalized spacial score (nSPS) is 23.6. The maximum atomic E-state index is 12.9. The van der Waals surface area contributed by atoms with Crippen LogP contribution in [0.4, 0.5) is 27.6 Å². The molecule has 5 nitrogen and oxygen atoms in total. The monoisotopic (exact) mass is 410 g/mol. The van der Waals surface area contributed by atoms with Crippen LogP contribution in [0.25, 0.3) is 11.3 Å². The van der Waals surface area contributed by atoms with E-state index in [1.165, 1.54) is 18.3 Å². The Morgan fingerprint density at radius 3 is 2.52 bits per heavy atom. The Morgan fingerprint density at radius 2 is 1.96 bits per heavy atom. The van der Waals surface area contributed by atoms with Gasteiger partial charge >= 0.3 is 12.7 Å². The largest absolute Gasteiger partial charge is 0.417 e. The van der Waals surface area contributed by atoms with Crippen LogP contribution in [-0.2, 0) is 0 Å². The molecule has 1 fully saturated rings. The molecule has 0 atom stereocenters. The Kier molecular flexibility index (Phi) is 5.31. The molecule has 2 N–H and O–H groups in total. The molecule has 1 saturated carbocycles. The average molecular weight is 411 g/mol. The van der Waals surface area contributed by atoms with Crippen LogP contribution >= 0.6 is 11.6 Å². The molecule has 2 heterocycles. The number of nitrogens with zero attached hydrogens (tertiary/aromatic N) is 3. The Morgan fingerprint density at radius 1 is 1.30 bits per heavy atom. The average Bonchev–Trinajstić information content (AvgIpc) is 3.06. The molecular formula is C16H16ClF5N4O. The van der Waals surface area contributed by atoms with E-state index in [0.29, 0.717) is 15.9 Å². The van der Waals surface area contributed by atoms with Gasteiger partial charge in [0.05, 0.1) is 5.69 Å². The first-order valence-corrected chi connectivity index (χ1v) is 8.52. The number of hydrogen-bond donors (Lipinski definition) is 2. The second kappa shape index (κ2) is 7.23. The summed E-state index contributed by atoms with van der Waals surface area (Å²) < 4.78 is 64.7. The van der Waals surface area contributed by atoms with Gasteiger partial charge in [0.25, 0.3) is 0 Å². The highest BCUT2D eigenvalue weighted by Gasteiger charge is 2.54. The van der Waals surface area contributed by atoms with Crippen LogP contribution in [-0.4, -0.2) is 37.7 Å². The van der Waals surface area contributed by atoms with Gasteiger partial charge in [-0.3, -0.25) is 0 Å². The summed E-state index contributed by atoms with van der Waals surface area (Å²) in [7, 11) is 0. The molecule has 0 amide bonds. The van der Waals surface area contributed by atoms with Gasteiger partial charge in [-0.1, -0.05) is 11.6 Å². The highest BCUT2D eigenvalue weighted by Crippen LogP contribution is 2.42. The van der Waals surface area contributed by atoms with Crippen LogP contribution in [0.5, 0.6) is 0 Å². The van der Waals surface area contributed by atoms with Gasteiger partial charge in [0, 0.05) is 29.7 Å². The molecule has 11 heteroatoms. The molecule has 2 aromatic rings. The summed E-state index contributed by atoms with van der Waals surface area (Å²) in [6.45, 7) is -2.80. The second-order valence-corrected chi connectivity index (χ2v) is 6.85. The van der Waals surface area contributed by atoms with Gasteiger partial charge in [0.15, 0.2) is 5.60 Å². The smallest absolute Gasteiger partial charge is 0.382 e. The molecule has 0 aromatic carbocycles. The topological polar surface area (TPSA) is 63.0 Å². The van der Waals surface area contributed by atoms with Crippen molar-refractivity contribution in [1.29, 1.82) is 0 Å². The summed E-state index contributed by atoms with van der Waals surface area (Å²) in [6, 6.07) is 2.50. The van der Waals surface area contributed by atoms with Crippen LogP contribution in [0.3, 0.4) is 0 Å². The predicted molar refractivity (Wildman–Crippen MR) is 88.6 cm³/mol. The molecule has 1 aliphatic rings. The van der Waals surface area contributed by atoms with Crippen molar-refractivity contribution in [2.45, 2.75) is 50.1 Å². The van der Waals surface area contributed by atoms with Crippen molar-refractivity contribution in [3.63, 3.8) is 0 Å². The molecule has 148 valence electrons. The van der Waals surface area contributed by atoms with E-state index in [1.807, 2.05) is 0 Å². The van der Waals surface area contributed by atoms with Gasteiger partial charge in [-0.05, 0) is 37.8 Å². The lowest BCUT2D eigenvalue weighted by atomic mass is 9.81. The number of rotatable bonds is 4. The molecule has 2 aromatic heterocycles. The Labute approximate surface area is 156 Å². The van der Waals surface area contributed by atoms with Crippen LogP contribution in [0.1, 0.15) is 32.2 Å². The lowest BCUT2D eigenvalue weighted by molar-refractivity contribution is -0.269. The number of anilines is 1. The lowest BCUT2D eigenvalue weighted by Crippen LogP contribution is -2.49. The Bertz CT molecular complexity index is 802. The van der Waals surface area contributed by atoms with E-state index in [9.17, 15) is 27.1 Å². The third-order valence-corrected chi connectivity index (χ3v) is 4.86. The van der Waals surface area contributed by atoms with Gasteiger partial charge < -0.3 is 10.4 Å². The molecule has 3 rings (SSSR count). The van der Waals surface area contributed by atoms with Crippen molar-refractivity contribution in [2.75, 3.05) is 5.32 Å². The van der Waals surface area contributed by atoms with Crippen molar-refractivity contribution in [2.24, 2.45) is 0 Å². The Balaban J connectivity index is 1.78. The third-order valence-electron chi connectivity index (χ3n) is 4.65. The molecular weight excluding hydrogens is 395 g/mol. The summed E-state index contributed by atoms with van der Waals surface area (Å²) in [6.07, 6.45) is -2.89. The first-order chi connectivity index (χ1) is 12.6. The van der Waals surface area contributed by atoms with E-state index in [0.717, 1.165) is 6.20 Å². The zero-order chi connectivity index (χ0) is 19.8. The number of hydrogen-bond acceptors (Lipinski definition) is 4. The van der Waals surface area contributed by atoms with E-state index in [4.69, 9.17) is 11.6 Å². The van der Waals surface area contributed by atoms with E-state index in [-0.39, 0.29) is 29.7 Å². The number of nitrogens with one attached hydrogen (secondary N) is 1. The highest BCUT2D eigenvalue weighted by atomic mass is 35.5. The summed E-state index contributed by atoms with van der Waals surface area (Å²) in [5.74, 6) is 0. The number of halogens is 6. The number of aliphatic hydroxyl groups is 1. The van der Waals surface area contributed by atoms with Gasteiger partial charge in [0.1, 0.15) is 5.15 Å². The molecule has 0 aliphatic heterocycles. The predicted octanol–water partition coefficient (Wildman–Crippen LogP) is 4.64. The van der Waals surface area contributed by atoms with Crippen molar-refractivity contribution in [1.82, 2.24) is 14.8 Å². The zero-order valence-electron chi connectivity index (χ0n) is 13.8. The van der Waals surface area contributed by atoms with Crippen LogP contribution < -0.4 is 5.32 Å². The van der Waals surface area contributed by atoms with Crippen LogP contribution in [0.2, 0.25) is 5.15 Å². The van der Waals surface area contributed by atoms with Crippen molar-refractivity contribution in [3.8, 4) is 11.3 Å². The SMILES string of the molecule is OC1(C(F)(F)F)CCC(Nc2cc(Cl)ncc2-c2ccn(C(F)F)n2)CC1. The fraction of sp³-hybridized carbons (Fsp3) is 0.500. The third kappa shape index (κ3) is 4.16.